The first-order valence-corrected chi connectivity index (χ1v) is 7.70. The lowest BCUT2D eigenvalue weighted by molar-refractivity contribution is -0.206. The Bertz CT molecular complexity index is 495. The minimum absolute atomic E-state index is 0.143. The minimum Gasteiger partial charge on any atom is -0.466 e. The molecule has 0 aromatic carbocycles. The predicted octanol–water partition coefficient (Wildman–Crippen LogP) is 2.28. The molecule has 0 unspecified atom stereocenters. The molecule has 5 rings (SSSR count). The van der Waals surface area contributed by atoms with E-state index in [4.69, 9.17) is 4.42 Å². The van der Waals surface area contributed by atoms with Gasteiger partial charge in [0.25, 0.3) is 0 Å². The van der Waals surface area contributed by atoms with Gasteiger partial charge in [-0.15, -0.1) is 0 Å². The highest BCUT2D eigenvalue weighted by Crippen LogP contribution is 2.54. The van der Waals surface area contributed by atoms with Crippen LogP contribution in [0.5, 0.6) is 0 Å². The number of Topliss-reactive ketones (excluding diaryl/α,β-unsaturated/α-hetero) is 1. The summed E-state index contributed by atoms with van der Waals surface area (Å²) in [5.41, 5.74) is -0.287. The van der Waals surface area contributed by atoms with E-state index in [-0.39, 0.29) is 17.0 Å². The molecule has 0 amide bonds. The van der Waals surface area contributed by atoms with Gasteiger partial charge in [0.15, 0.2) is 0 Å². The number of ketones is 1. The van der Waals surface area contributed by atoms with Crippen molar-refractivity contribution in [3.63, 3.8) is 0 Å². The van der Waals surface area contributed by atoms with Gasteiger partial charge >= 0.3 is 0 Å². The first-order chi connectivity index (χ1) is 9.64. The van der Waals surface area contributed by atoms with Gasteiger partial charge in [-0.1, -0.05) is 13.8 Å². The highest BCUT2D eigenvalue weighted by atomic mass is 16.3. The lowest BCUT2D eigenvalue weighted by Gasteiger charge is -2.65. The van der Waals surface area contributed by atoms with E-state index in [1.54, 1.807) is 6.26 Å². The van der Waals surface area contributed by atoms with E-state index in [2.05, 4.69) is 29.7 Å². The van der Waals surface area contributed by atoms with Crippen molar-refractivity contribution in [2.45, 2.75) is 32.9 Å². The predicted molar refractivity (Wildman–Crippen MR) is 75.1 cm³/mol. The van der Waals surface area contributed by atoms with Crippen LogP contribution < -0.4 is 0 Å². The second kappa shape index (κ2) is 3.95. The summed E-state index contributed by atoms with van der Waals surface area (Å²) >= 11 is 0. The van der Waals surface area contributed by atoms with Crippen LogP contribution >= 0.6 is 0 Å². The van der Waals surface area contributed by atoms with Gasteiger partial charge in [0.2, 0.25) is 0 Å². The topological polar surface area (TPSA) is 36.7 Å². The van der Waals surface area contributed by atoms with Crippen molar-refractivity contribution in [1.82, 2.24) is 9.80 Å². The van der Waals surface area contributed by atoms with E-state index in [0.29, 0.717) is 5.78 Å². The zero-order valence-corrected chi connectivity index (χ0v) is 12.3. The van der Waals surface area contributed by atoms with Crippen molar-refractivity contribution in [2.75, 3.05) is 26.2 Å². The molecule has 0 N–H and O–H groups in total. The van der Waals surface area contributed by atoms with Crippen LogP contribution in [0, 0.1) is 10.8 Å². The average molecular weight is 274 g/mol. The monoisotopic (exact) mass is 274 g/mol. The smallest absolute Gasteiger partial charge is 0.150 e. The summed E-state index contributed by atoms with van der Waals surface area (Å²) < 4.78 is 5.65. The molecule has 1 aromatic heterocycles. The number of piperidine rings is 2. The van der Waals surface area contributed by atoms with E-state index in [0.717, 1.165) is 44.8 Å². The third-order valence-corrected chi connectivity index (χ3v) is 5.83. The third-order valence-electron chi connectivity index (χ3n) is 5.83. The van der Waals surface area contributed by atoms with E-state index in [1.807, 2.05) is 6.07 Å². The molecule has 4 heteroatoms. The van der Waals surface area contributed by atoms with Gasteiger partial charge in [-0.3, -0.25) is 14.6 Å². The Kier molecular flexibility index (Phi) is 2.49. The number of rotatable bonds is 3. The molecule has 4 aliphatic rings. The van der Waals surface area contributed by atoms with Crippen molar-refractivity contribution >= 4 is 5.78 Å². The molecule has 0 aliphatic carbocycles. The molecule has 5 heterocycles. The minimum atomic E-state index is -0.143. The molecule has 4 fully saturated rings. The summed E-state index contributed by atoms with van der Waals surface area (Å²) in [6, 6.07) is 4.02. The van der Waals surface area contributed by atoms with Gasteiger partial charge in [0, 0.05) is 26.2 Å². The van der Waals surface area contributed by atoms with Crippen molar-refractivity contribution < 1.29 is 9.21 Å². The summed E-state index contributed by atoms with van der Waals surface area (Å²) in [6.07, 6.45) is 3.88. The van der Waals surface area contributed by atoms with E-state index in [9.17, 15) is 4.79 Å². The first kappa shape index (κ1) is 12.6. The highest BCUT2D eigenvalue weighted by molar-refractivity contribution is 5.93. The number of furan rings is 1. The zero-order chi connectivity index (χ0) is 14.0. The lowest BCUT2D eigenvalue weighted by Crippen LogP contribution is -2.76. The Morgan fingerprint density at radius 2 is 1.70 bits per heavy atom. The van der Waals surface area contributed by atoms with Gasteiger partial charge in [0.1, 0.15) is 17.7 Å². The summed E-state index contributed by atoms with van der Waals surface area (Å²) in [6.45, 7) is 7.91. The van der Waals surface area contributed by atoms with Crippen LogP contribution in [-0.4, -0.2) is 41.8 Å². The summed E-state index contributed by atoms with van der Waals surface area (Å²) in [4.78, 5) is 17.9. The first-order valence-electron chi connectivity index (χ1n) is 7.70. The van der Waals surface area contributed by atoms with Gasteiger partial charge in [0.05, 0.1) is 17.1 Å². The molecule has 0 saturated carbocycles. The lowest BCUT2D eigenvalue weighted by atomic mass is 9.58. The number of hydrogen-bond acceptors (Lipinski definition) is 4. The van der Waals surface area contributed by atoms with Crippen LogP contribution in [0.15, 0.2) is 22.8 Å². The van der Waals surface area contributed by atoms with Crippen LogP contribution in [0.4, 0.5) is 0 Å². The standard InChI is InChI=1S/C16H22N2O2/c1-3-15-8-17-10-16(4-2,14(15)19)11-18(9-15)13(17)12-6-5-7-20-12/h5-7,13H,3-4,8-11H2,1-2H3. The van der Waals surface area contributed by atoms with Gasteiger partial charge in [-0.2, -0.15) is 0 Å². The van der Waals surface area contributed by atoms with Crippen molar-refractivity contribution in [3.05, 3.63) is 24.2 Å². The van der Waals surface area contributed by atoms with Crippen molar-refractivity contribution in [2.24, 2.45) is 10.8 Å². The van der Waals surface area contributed by atoms with Crippen molar-refractivity contribution in [1.29, 1.82) is 0 Å². The second-order valence-corrected chi connectivity index (χ2v) is 6.80. The van der Waals surface area contributed by atoms with Crippen LogP contribution in [0.25, 0.3) is 0 Å². The van der Waals surface area contributed by atoms with Crippen LogP contribution in [0.1, 0.15) is 38.6 Å². The fourth-order valence-electron chi connectivity index (χ4n) is 4.76. The van der Waals surface area contributed by atoms with Crippen LogP contribution in [0.2, 0.25) is 0 Å². The highest BCUT2D eigenvalue weighted by Gasteiger charge is 2.64. The largest absolute Gasteiger partial charge is 0.466 e. The summed E-state index contributed by atoms with van der Waals surface area (Å²) in [5.74, 6) is 1.55. The SMILES string of the molecule is CCC12CN3CC(CC)(CN(C1)C3c1ccco1)C2=O. The molecule has 4 bridgehead atoms. The molecule has 0 spiro atoms. The molecule has 4 nitrogen and oxygen atoms in total. The van der Waals surface area contributed by atoms with Crippen molar-refractivity contribution in [3.8, 4) is 0 Å². The Morgan fingerprint density at radius 1 is 1.15 bits per heavy atom. The molecule has 0 atom stereocenters. The third kappa shape index (κ3) is 1.36. The Labute approximate surface area is 119 Å². The van der Waals surface area contributed by atoms with Gasteiger partial charge in [-0.25, -0.2) is 0 Å². The molecule has 1 aromatic rings. The summed E-state index contributed by atoms with van der Waals surface area (Å²) in [7, 11) is 0. The average Bonchev–Trinajstić information content (AvgIpc) is 2.97. The number of hydrogen-bond donors (Lipinski definition) is 0. The molecule has 4 aliphatic heterocycles. The number of carbonyl (C=O) groups excluding carboxylic acids is 1. The van der Waals surface area contributed by atoms with Crippen LogP contribution in [0.3, 0.4) is 0 Å². The number of nitrogens with zero attached hydrogens (tertiary/aromatic N) is 2. The Balaban J connectivity index is 1.77. The molecule has 4 saturated heterocycles. The molecular formula is C16H22N2O2. The summed E-state index contributed by atoms with van der Waals surface area (Å²) in [5, 5.41) is 0. The second-order valence-electron chi connectivity index (χ2n) is 6.80. The van der Waals surface area contributed by atoms with Crippen LogP contribution in [-0.2, 0) is 4.79 Å². The fraction of sp³-hybridized carbons (Fsp3) is 0.688. The zero-order valence-electron chi connectivity index (χ0n) is 12.3. The Hall–Kier alpha value is -1.13. The number of carbonyl (C=O) groups is 1. The maximum atomic E-state index is 13.0. The fourth-order valence-corrected chi connectivity index (χ4v) is 4.76. The van der Waals surface area contributed by atoms with E-state index in [1.165, 1.54) is 0 Å². The van der Waals surface area contributed by atoms with E-state index >= 15 is 0 Å². The quantitative estimate of drug-likeness (QED) is 0.847. The van der Waals surface area contributed by atoms with Gasteiger partial charge < -0.3 is 4.42 Å². The molecule has 20 heavy (non-hydrogen) atoms. The maximum absolute atomic E-state index is 13.0. The van der Waals surface area contributed by atoms with E-state index < -0.39 is 0 Å². The molecule has 108 valence electrons. The molecule has 0 radical (unpaired) electrons. The molecular weight excluding hydrogens is 252 g/mol. The normalized spacial score (nSPS) is 46.1. The van der Waals surface area contributed by atoms with Gasteiger partial charge in [-0.05, 0) is 25.0 Å². The maximum Gasteiger partial charge on any atom is 0.150 e. The Morgan fingerprint density at radius 3 is 2.10 bits per heavy atom.